The number of hydrogen-bond donors (Lipinski definition) is 0. The molecule has 4 heteroatoms. The third-order valence-corrected chi connectivity index (χ3v) is 3.94. The topological polar surface area (TPSA) is 9.23 Å². The van der Waals surface area contributed by atoms with Crippen molar-refractivity contribution in [3.63, 3.8) is 0 Å². The molecule has 1 aromatic rings. The lowest BCUT2D eigenvalue weighted by Crippen LogP contribution is -3.00. The third kappa shape index (κ3) is 3.50. The van der Waals surface area contributed by atoms with Gasteiger partial charge < -0.3 is 28.7 Å². The highest BCUT2D eigenvalue weighted by Crippen LogP contribution is 2.36. The summed E-state index contributed by atoms with van der Waals surface area (Å²) in [5.41, 5.74) is 2.94. The molecule has 0 radical (unpaired) electrons. The standard InChI is InChI=1S/C14H21INO.HI/c1-14(2,3)11-6-10-8-16(4,5)9-17-13(10)12(15)7-11;/h6-7H,8-9H2,1-5H3;1H/q+1;/p-1. The highest BCUT2D eigenvalue weighted by molar-refractivity contribution is 14.1. The molecule has 2 rings (SSSR count). The van der Waals surface area contributed by atoms with E-state index in [0.29, 0.717) is 0 Å². The van der Waals surface area contributed by atoms with Crippen LogP contribution in [0.2, 0.25) is 0 Å². The van der Waals surface area contributed by atoms with Crippen LogP contribution in [0, 0.1) is 3.57 Å². The number of fused-ring (bicyclic) bond motifs is 1. The first-order valence-corrected chi connectivity index (χ1v) is 7.05. The largest absolute Gasteiger partial charge is 1.00 e. The molecular weight excluding hydrogens is 452 g/mol. The summed E-state index contributed by atoms with van der Waals surface area (Å²) in [4.78, 5) is 0. The van der Waals surface area contributed by atoms with Gasteiger partial charge in [-0.25, -0.2) is 0 Å². The van der Waals surface area contributed by atoms with E-state index in [1.54, 1.807) is 0 Å². The van der Waals surface area contributed by atoms with Crippen LogP contribution in [-0.4, -0.2) is 25.3 Å². The van der Waals surface area contributed by atoms with Crippen LogP contribution >= 0.6 is 22.6 Å². The van der Waals surface area contributed by atoms with Crippen LogP contribution in [0.4, 0.5) is 0 Å². The summed E-state index contributed by atoms with van der Waals surface area (Å²) in [5.74, 6) is 1.09. The first-order valence-electron chi connectivity index (χ1n) is 5.97. The van der Waals surface area contributed by atoms with Crippen LogP contribution in [0.3, 0.4) is 0 Å². The first-order chi connectivity index (χ1) is 7.69. The Balaban J connectivity index is 0.00000162. The Morgan fingerprint density at radius 2 is 1.83 bits per heavy atom. The Kier molecular flexibility index (Phi) is 4.98. The maximum absolute atomic E-state index is 5.90. The van der Waals surface area contributed by atoms with Gasteiger partial charge >= 0.3 is 0 Å². The Morgan fingerprint density at radius 3 is 2.39 bits per heavy atom. The maximum Gasteiger partial charge on any atom is 0.223 e. The monoisotopic (exact) mass is 473 g/mol. The van der Waals surface area contributed by atoms with Crippen molar-refractivity contribution in [1.29, 1.82) is 0 Å². The van der Waals surface area contributed by atoms with E-state index in [4.69, 9.17) is 4.74 Å². The minimum absolute atomic E-state index is 0. The molecule has 102 valence electrons. The number of nitrogens with zero attached hydrogens (tertiary/aromatic N) is 1. The molecule has 0 amide bonds. The second kappa shape index (κ2) is 5.44. The molecule has 2 nitrogen and oxygen atoms in total. The van der Waals surface area contributed by atoms with E-state index in [1.807, 2.05) is 0 Å². The molecule has 0 spiro atoms. The minimum Gasteiger partial charge on any atom is -1.00 e. The van der Waals surface area contributed by atoms with Crippen molar-refractivity contribution in [2.75, 3.05) is 20.8 Å². The predicted octanol–water partition coefficient (Wildman–Crippen LogP) is 0.519. The van der Waals surface area contributed by atoms with E-state index >= 15 is 0 Å². The van der Waals surface area contributed by atoms with Crippen molar-refractivity contribution in [3.8, 4) is 5.75 Å². The van der Waals surface area contributed by atoms with Gasteiger partial charge in [-0.05, 0) is 45.7 Å². The zero-order chi connectivity index (χ0) is 12.8. The zero-order valence-electron chi connectivity index (χ0n) is 11.7. The molecule has 0 saturated heterocycles. The smallest absolute Gasteiger partial charge is 0.223 e. The molecule has 1 aliphatic rings. The van der Waals surface area contributed by atoms with E-state index < -0.39 is 0 Å². The van der Waals surface area contributed by atoms with E-state index in [9.17, 15) is 0 Å². The van der Waals surface area contributed by atoms with Crippen LogP contribution < -0.4 is 28.7 Å². The molecule has 0 aromatic heterocycles. The summed E-state index contributed by atoms with van der Waals surface area (Å²) in [5, 5.41) is 0. The molecular formula is C14H21I2NO. The van der Waals surface area contributed by atoms with Gasteiger partial charge in [0, 0.05) is 0 Å². The van der Waals surface area contributed by atoms with E-state index in [0.717, 1.165) is 23.5 Å². The summed E-state index contributed by atoms with van der Waals surface area (Å²) in [6, 6.07) is 4.57. The normalized spacial score (nSPS) is 17.4. The quantitative estimate of drug-likeness (QED) is 0.395. The molecule has 1 aromatic carbocycles. The van der Waals surface area contributed by atoms with Gasteiger partial charge in [0.2, 0.25) is 6.73 Å². The number of benzene rings is 1. The van der Waals surface area contributed by atoms with Crippen molar-refractivity contribution in [2.24, 2.45) is 0 Å². The fourth-order valence-electron chi connectivity index (χ4n) is 2.11. The molecule has 0 unspecified atom stereocenters. The minimum atomic E-state index is 0. The number of quaternary nitrogens is 1. The van der Waals surface area contributed by atoms with E-state index in [2.05, 4.69) is 69.6 Å². The average molecular weight is 473 g/mol. The number of rotatable bonds is 0. The van der Waals surface area contributed by atoms with Gasteiger partial charge in [-0.15, -0.1) is 0 Å². The number of ether oxygens (including phenoxy) is 1. The Labute approximate surface area is 141 Å². The molecule has 0 atom stereocenters. The van der Waals surface area contributed by atoms with Gasteiger partial charge in [-0.1, -0.05) is 20.8 Å². The second-order valence-electron chi connectivity index (χ2n) is 6.56. The van der Waals surface area contributed by atoms with Crippen LogP contribution in [0.25, 0.3) is 0 Å². The third-order valence-electron chi connectivity index (χ3n) is 3.14. The summed E-state index contributed by atoms with van der Waals surface area (Å²) in [7, 11) is 4.42. The van der Waals surface area contributed by atoms with Crippen molar-refractivity contribution >= 4 is 22.6 Å². The van der Waals surface area contributed by atoms with E-state index in [1.165, 1.54) is 14.7 Å². The van der Waals surface area contributed by atoms with Gasteiger partial charge in [0.15, 0.2) is 0 Å². The van der Waals surface area contributed by atoms with Crippen LogP contribution in [0.15, 0.2) is 12.1 Å². The zero-order valence-corrected chi connectivity index (χ0v) is 16.0. The molecule has 1 heterocycles. The van der Waals surface area contributed by atoms with Gasteiger partial charge in [0.25, 0.3) is 0 Å². The van der Waals surface area contributed by atoms with E-state index in [-0.39, 0.29) is 29.4 Å². The Bertz CT molecular complexity index is 450. The molecule has 0 bridgehead atoms. The number of hydrogen-bond acceptors (Lipinski definition) is 1. The Morgan fingerprint density at radius 1 is 1.22 bits per heavy atom. The molecule has 0 N–H and O–H groups in total. The first kappa shape index (κ1) is 16.5. The highest BCUT2D eigenvalue weighted by Gasteiger charge is 2.28. The van der Waals surface area contributed by atoms with Crippen molar-refractivity contribution < 1.29 is 33.2 Å². The summed E-state index contributed by atoms with van der Waals surface area (Å²) >= 11 is 2.39. The SMILES string of the molecule is CC(C)(C)c1cc(I)c2c(c1)C[N+](C)(C)CO2.[I-]. The lowest BCUT2D eigenvalue weighted by Gasteiger charge is -2.35. The summed E-state index contributed by atoms with van der Waals surface area (Å²) < 4.78 is 8.04. The van der Waals surface area contributed by atoms with Crippen molar-refractivity contribution in [1.82, 2.24) is 0 Å². The van der Waals surface area contributed by atoms with Gasteiger partial charge in [-0.2, -0.15) is 0 Å². The number of halogens is 2. The highest BCUT2D eigenvalue weighted by atomic mass is 127. The lowest BCUT2D eigenvalue weighted by molar-refractivity contribution is -0.921. The van der Waals surface area contributed by atoms with Gasteiger partial charge in [0.1, 0.15) is 12.3 Å². The molecule has 0 aliphatic carbocycles. The molecule has 18 heavy (non-hydrogen) atoms. The van der Waals surface area contributed by atoms with Gasteiger partial charge in [0.05, 0.1) is 23.2 Å². The lowest BCUT2D eigenvalue weighted by atomic mass is 9.86. The summed E-state index contributed by atoms with van der Waals surface area (Å²) in [6.45, 7) is 8.59. The van der Waals surface area contributed by atoms with Crippen molar-refractivity contribution in [2.45, 2.75) is 32.7 Å². The second-order valence-corrected chi connectivity index (χ2v) is 7.73. The molecule has 0 saturated carbocycles. The van der Waals surface area contributed by atoms with Crippen LogP contribution in [0.5, 0.6) is 5.75 Å². The fourth-order valence-corrected chi connectivity index (χ4v) is 2.95. The molecule has 0 fully saturated rings. The van der Waals surface area contributed by atoms with Crippen LogP contribution in [-0.2, 0) is 12.0 Å². The summed E-state index contributed by atoms with van der Waals surface area (Å²) in [6.07, 6.45) is 0. The van der Waals surface area contributed by atoms with Gasteiger partial charge in [-0.3, -0.25) is 4.48 Å². The Hall–Kier alpha value is 0.440. The maximum atomic E-state index is 5.90. The molecule has 1 aliphatic heterocycles. The van der Waals surface area contributed by atoms with Crippen molar-refractivity contribution in [3.05, 3.63) is 26.8 Å². The van der Waals surface area contributed by atoms with Crippen LogP contribution in [0.1, 0.15) is 31.9 Å². The fraction of sp³-hybridized carbons (Fsp3) is 0.571. The predicted molar refractivity (Wildman–Crippen MR) is 79.2 cm³/mol. The average Bonchev–Trinajstić information content (AvgIpc) is 2.13.